The average molecular weight is 452 g/mol. The minimum atomic E-state index is -0.506. The minimum absolute atomic E-state index is 0.0324. The summed E-state index contributed by atoms with van der Waals surface area (Å²) >= 11 is 0. The van der Waals surface area contributed by atoms with Gasteiger partial charge in [0.05, 0.1) is 26.1 Å². The summed E-state index contributed by atoms with van der Waals surface area (Å²) in [5.41, 5.74) is 1.33. The Morgan fingerprint density at radius 3 is 2.58 bits per heavy atom. The van der Waals surface area contributed by atoms with E-state index in [0.717, 1.165) is 11.3 Å². The van der Waals surface area contributed by atoms with Crippen molar-refractivity contribution >= 4 is 11.8 Å². The topological polar surface area (TPSA) is 72.2 Å². The molecular formula is C25H25FN2O5. The van der Waals surface area contributed by atoms with Crippen LogP contribution in [0.2, 0.25) is 0 Å². The van der Waals surface area contributed by atoms with E-state index < -0.39 is 6.10 Å². The van der Waals surface area contributed by atoms with Crippen LogP contribution in [-0.4, -0.2) is 54.5 Å². The molecule has 2 amide bonds. The Balaban J connectivity index is 1.52. The molecule has 172 valence electrons. The molecule has 1 aliphatic heterocycles. The molecule has 0 bridgehead atoms. The van der Waals surface area contributed by atoms with Crippen molar-refractivity contribution in [3.8, 4) is 5.75 Å². The number of ether oxygens (including phenoxy) is 2. The molecule has 2 aromatic carbocycles. The van der Waals surface area contributed by atoms with E-state index in [4.69, 9.17) is 13.9 Å². The number of carbonyl (C=O) groups excluding carboxylic acids is 2. The number of halogens is 1. The Morgan fingerprint density at radius 1 is 1.09 bits per heavy atom. The lowest BCUT2D eigenvalue weighted by atomic mass is 10.2. The summed E-state index contributed by atoms with van der Waals surface area (Å²) in [5.74, 6) is -0.0795. The molecule has 1 saturated heterocycles. The van der Waals surface area contributed by atoms with Gasteiger partial charge in [0.1, 0.15) is 18.1 Å². The second-order valence-corrected chi connectivity index (χ2v) is 7.81. The fourth-order valence-corrected chi connectivity index (χ4v) is 3.72. The van der Waals surface area contributed by atoms with Crippen molar-refractivity contribution in [2.45, 2.75) is 19.3 Å². The standard InChI is InChI=1S/C25H25FN2O5/c1-31-20-10-8-18(9-11-20)13-27-14-21(33-17-19-5-2-3-6-22(19)26)15-28(16-24(27)29)25(30)23-7-4-12-32-23/h2-12,21H,13-17H2,1H3. The molecule has 1 unspecified atom stereocenters. The van der Waals surface area contributed by atoms with Crippen molar-refractivity contribution in [2.75, 3.05) is 26.7 Å². The largest absolute Gasteiger partial charge is 0.497 e. The van der Waals surface area contributed by atoms with Crippen molar-refractivity contribution in [2.24, 2.45) is 0 Å². The maximum atomic E-state index is 14.1. The molecule has 33 heavy (non-hydrogen) atoms. The number of benzene rings is 2. The highest BCUT2D eigenvalue weighted by molar-refractivity contribution is 5.94. The number of hydrogen-bond acceptors (Lipinski definition) is 5. The van der Waals surface area contributed by atoms with Gasteiger partial charge in [0, 0.05) is 25.2 Å². The molecule has 1 atom stereocenters. The zero-order chi connectivity index (χ0) is 23.2. The molecule has 0 spiro atoms. The summed E-state index contributed by atoms with van der Waals surface area (Å²) in [4.78, 5) is 29.0. The highest BCUT2D eigenvalue weighted by Crippen LogP contribution is 2.18. The lowest BCUT2D eigenvalue weighted by Gasteiger charge is -2.25. The van der Waals surface area contributed by atoms with Crippen LogP contribution in [0.3, 0.4) is 0 Å². The molecule has 0 radical (unpaired) electrons. The first kappa shape index (κ1) is 22.5. The molecule has 1 aliphatic rings. The van der Waals surface area contributed by atoms with Gasteiger partial charge in [0.25, 0.3) is 5.91 Å². The smallest absolute Gasteiger partial charge is 0.290 e. The van der Waals surface area contributed by atoms with E-state index in [2.05, 4.69) is 0 Å². The van der Waals surface area contributed by atoms with E-state index in [1.165, 1.54) is 17.2 Å². The highest BCUT2D eigenvalue weighted by atomic mass is 19.1. The molecule has 1 aromatic heterocycles. The van der Waals surface area contributed by atoms with Gasteiger partial charge in [-0.1, -0.05) is 30.3 Å². The van der Waals surface area contributed by atoms with Crippen molar-refractivity contribution in [1.29, 1.82) is 0 Å². The predicted octanol–water partition coefficient (Wildman–Crippen LogP) is 3.50. The average Bonchev–Trinajstić information content (AvgIpc) is 3.32. The van der Waals surface area contributed by atoms with Crippen molar-refractivity contribution in [1.82, 2.24) is 9.80 Å². The number of carbonyl (C=O) groups is 2. The molecule has 0 aliphatic carbocycles. The van der Waals surface area contributed by atoms with E-state index in [1.54, 1.807) is 42.3 Å². The number of hydrogen-bond donors (Lipinski definition) is 0. The third-order valence-corrected chi connectivity index (χ3v) is 5.51. The summed E-state index contributed by atoms with van der Waals surface area (Å²) in [5, 5.41) is 0. The minimum Gasteiger partial charge on any atom is -0.497 e. The van der Waals surface area contributed by atoms with Crippen LogP contribution in [0.4, 0.5) is 4.39 Å². The van der Waals surface area contributed by atoms with Crippen LogP contribution in [0.25, 0.3) is 0 Å². The van der Waals surface area contributed by atoms with Gasteiger partial charge in [-0.3, -0.25) is 9.59 Å². The number of amides is 2. The second kappa shape index (κ2) is 10.3. The first-order chi connectivity index (χ1) is 16.0. The molecule has 7 nitrogen and oxygen atoms in total. The lowest BCUT2D eigenvalue weighted by molar-refractivity contribution is -0.132. The van der Waals surface area contributed by atoms with E-state index in [-0.39, 0.29) is 49.6 Å². The van der Waals surface area contributed by atoms with E-state index in [0.29, 0.717) is 12.1 Å². The quantitative estimate of drug-likeness (QED) is 0.549. The van der Waals surface area contributed by atoms with E-state index >= 15 is 0 Å². The van der Waals surface area contributed by atoms with Crippen molar-refractivity contribution < 1.29 is 27.9 Å². The van der Waals surface area contributed by atoms with Gasteiger partial charge in [-0.2, -0.15) is 0 Å². The molecule has 4 rings (SSSR count). The normalized spacial score (nSPS) is 16.5. The summed E-state index contributed by atoms with van der Waals surface area (Å²) in [6.45, 7) is 0.727. The zero-order valence-electron chi connectivity index (χ0n) is 18.3. The third-order valence-electron chi connectivity index (χ3n) is 5.51. The van der Waals surface area contributed by atoms with Crippen LogP contribution in [0, 0.1) is 5.82 Å². The van der Waals surface area contributed by atoms with Gasteiger partial charge >= 0.3 is 0 Å². The summed E-state index contributed by atoms with van der Waals surface area (Å²) in [7, 11) is 1.59. The maximum absolute atomic E-state index is 14.1. The fraction of sp³-hybridized carbons (Fsp3) is 0.280. The Hall–Kier alpha value is -3.65. The second-order valence-electron chi connectivity index (χ2n) is 7.81. The summed E-state index contributed by atoms with van der Waals surface area (Å²) in [6, 6.07) is 17.0. The SMILES string of the molecule is COc1ccc(CN2CC(OCc3ccccc3F)CN(C(=O)c3ccco3)CC2=O)cc1. The van der Waals surface area contributed by atoms with Crippen molar-refractivity contribution in [3.63, 3.8) is 0 Å². The maximum Gasteiger partial charge on any atom is 0.290 e. The predicted molar refractivity (Wildman–Crippen MR) is 118 cm³/mol. The Kier molecular flexibility index (Phi) is 7.04. The van der Waals surface area contributed by atoms with Gasteiger partial charge in [-0.05, 0) is 35.9 Å². The first-order valence-electron chi connectivity index (χ1n) is 10.6. The van der Waals surface area contributed by atoms with Crippen LogP contribution in [0.5, 0.6) is 5.75 Å². The van der Waals surface area contributed by atoms with Gasteiger partial charge in [0.15, 0.2) is 5.76 Å². The van der Waals surface area contributed by atoms with Gasteiger partial charge in [-0.15, -0.1) is 0 Å². The zero-order valence-corrected chi connectivity index (χ0v) is 18.3. The number of methoxy groups -OCH3 is 1. The Morgan fingerprint density at radius 2 is 1.88 bits per heavy atom. The Bertz CT molecular complexity index is 1080. The number of furan rings is 1. The fourth-order valence-electron chi connectivity index (χ4n) is 3.72. The molecule has 3 aromatic rings. The monoisotopic (exact) mass is 452 g/mol. The van der Waals surface area contributed by atoms with E-state index in [1.807, 2.05) is 24.3 Å². The summed E-state index contributed by atoms with van der Waals surface area (Å²) in [6.07, 6.45) is 0.905. The van der Waals surface area contributed by atoms with Gasteiger partial charge in [0.2, 0.25) is 5.91 Å². The third kappa shape index (κ3) is 5.59. The highest BCUT2D eigenvalue weighted by Gasteiger charge is 2.32. The van der Waals surface area contributed by atoms with Crippen LogP contribution in [0.15, 0.2) is 71.3 Å². The van der Waals surface area contributed by atoms with E-state index in [9.17, 15) is 14.0 Å². The molecule has 2 heterocycles. The molecule has 0 N–H and O–H groups in total. The van der Waals surface area contributed by atoms with Crippen LogP contribution in [0.1, 0.15) is 21.7 Å². The van der Waals surface area contributed by atoms with Gasteiger partial charge < -0.3 is 23.7 Å². The van der Waals surface area contributed by atoms with Crippen LogP contribution in [-0.2, 0) is 22.7 Å². The molecule has 8 heteroatoms. The number of rotatable bonds is 7. The lowest BCUT2D eigenvalue weighted by Crippen LogP contribution is -2.39. The Labute approximate surface area is 191 Å². The van der Waals surface area contributed by atoms with Crippen LogP contribution < -0.4 is 4.74 Å². The molecule has 1 fully saturated rings. The van der Waals surface area contributed by atoms with Gasteiger partial charge in [-0.25, -0.2) is 4.39 Å². The summed E-state index contributed by atoms with van der Waals surface area (Å²) < 4.78 is 30.5. The molecular weight excluding hydrogens is 427 g/mol. The van der Waals surface area contributed by atoms with Crippen molar-refractivity contribution in [3.05, 3.63) is 89.6 Å². The van der Waals surface area contributed by atoms with Crippen LogP contribution >= 0.6 is 0 Å². The molecule has 0 saturated carbocycles. The number of nitrogens with zero attached hydrogens (tertiary/aromatic N) is 2. The first-order valence-corrected chi connectivity index (χ1v) is 10.6.